The summed E-state index contributed by atoms with van der Waals surface area (Å²) in [5.74, 6) is 0.752. The minimum absolute atomic E-state index is 0.261. The molecule has 2 heteroatoms. The Morgan fingerprint density at radius 1 is 1.33 bits per heavy atom. The Hall–Kier alpha value is -1.02. The summed E-state index contributed by atoms with van der Waals surface area (Å²) in [6.45, 7) is 8.88. The average Bonchev–Trinajstić information content (AvgIpc) is 2.33. The van der Waals surface area contributed by atoms with Gasteiger partial charge in [0.2, 0.25) is 0 Å². The van der Waals surface area contributed by atoms with Gasteiger partial charge in [-0.1, -0.05) is 18.2 Å². The molecule has 100 valence electrons. The fourth-order valence-electron chi connectivity index (χ4n) is 3.05. The minimum Gasteiger partial charge on any atom is -0.366 e. The molecule has 0 saturated carbocycles. The van der Waals surface area contributed by atoms with Crippen LogP contribution in [0, 0.1) is 12.8 Å². The largest absolute Gasteiger partial charge is 0.366 e. The molecule has 0 bridgehead atoms. The van der Waals surface area contributed by atoms with Crippen molar-refractivity contribution in [2.45, 2.75) is 45.6 Å². The van der Waals surface area contributed by atoms with Gasteiger partial charge in [0.15, 0.2) is 0 Å². The lowest BCUT2D eigenvalue weighted by atomic mass is 9.82. The number of benzene rings is 1. The number of aryl methyl sites for hydroxylation is 1. The summed E-state index contributed by atoms with van der Waals surface area (Å²) in [5.41, 5.74) is 8.75. The zero-order valence-electron chi connectivity index (χ0n) is 11.9. The van der Waals surface area contributed by atoms with Gasteiger partial charge >= 0.3 is 0 Å². The molecule has 18 heavy (non-hydrogen) atoms. The molecule has 1 fully saturated rings. The van der Waals surface area contributed by atoms with E-state index in [-0.39, 0.29) is 5.54 Å². The molecule has 0 aliphatic carbocycles. The highest BCUT2D eigenvalue weighted by atomic mass is 15.2. The lowest BCUT2D eigenvalue weighted by molar-refractivity contribution is 0.282. The maximum Gasteiger partial charge on any atom is 0.0400 e. The number of hydrogen-bond acceptors (Lipinski definition) is 2. The topological polar surface area (TPSA) is 29.3 Å². The highest BCUT2D eigenvalue weighted by molar-refractivity contribution is 5.55. The minimum atomic E-state index is 0.261. The van der Waals surface area contributed by atoms with Gasteiger partial charge in [-0.3, -0.25) is 0 Å². The normalized spacial score (nSPS) is 23.1. The first-order valence-electron chi connectivity index (χ1n) is 7.08. The van der Waals surface area contributed by atoms with Crippen LogP contribution in [0.25, 0.3) is 0 Å². The number of nitrogens with zero attached hydrogens (tertiary/aromatic N) is 1. The SMILES string of the molecule is Cc1ccccc1N1CC(CCN)CCC1(C)C. The van der Waals surface area contributed by atoms with E-state index in [1.165, 1.54) is 24.1 Å². The lowest BCUT2D eigenvalue weighted by Crippen LogP contribution is -2.51. The molecule has 1 aromatic carbocycles. The molecule has 1 aliphatic heterocycles. The molecular formula is C16H26N2. The van der Waals surface area contributed by atoms with Gasteiger partial charge in [0.1, 0.15) is 0 Å². The summed E-state index contributed by atoms with van der Waals surface area (Å²) in [5, 5.41) is 0. The molecule has 0 radical (unpaired) electrons. The van der Waals surface area contributed by atoms with Crippen LogP contribution >= 0.6 is 0 Å². The summed E-state index contributed by atoms with van der Waals surface area (Å²) in [6.07, 6.45) is 3.72. The summed E-state index contributed by atoms with van der Waals surface area (Å²) in [7, 11) is 0. The van der Waals surface area contributed by atoms with Gasteiger partial charge in [0.25, 0.3) is 0 Å². The highest BCUT2D eigenvalue weighted by Crippen LogP contribution is 2.36. The van der Waals surface area contributed by atoms with Crippen molar-refractivity contribution >= 4 is 5.69 Å². The Labute approximate surface area is 111 Å². The second-order valence-corrected chi connectivity index (χ2v) is 6.19. The van der Waals surface area contributed by atoms with E-state index < -0.39 is 0 Å². The molecular weight excluding hydrogens is 220 g/mol. The zero-order valence-corrected chi connectivity index (χ0v) is 11.9. The molecule has 0 aromatic heterocycles. The van der Waals surface area contributed by atoms with Crippen LogP contribution < -0.4 is 10.6 Å². The number of nitrogens with two attached hydrogens (primary N) is 1. The van der Waals surface area contributed by atoms with Gasteiger partial charge in [0.05, 0.1) is 0 Å². The summed E-state index contributed by atoms with van der Waals surface area (Å²) in [6, 6.07) is 8.72. The van der Waals surface area contributed by atoms with Crippen LogP contribution in [0.5, 0.6) is 0 Å². The van der Waals surface area contributed by atoms with E-state index in [4.69, 9.17) is 5.73 Å². The van der Waals surface area contributed by atoms with Crippen LogP contribution in [0.2, 0.25) is 0 Å². The predicted octanol–water partition coefficient (Wildman–Crippen LogP) is 3.34. The van der Waals surface area contributed by atoms with Crippen LogP contribution in [-0.4, -0.2) is 18.6 Å². The van der Waals surface area contributed by atoms with Crippen molar-refractivity contribution in [3.8, 4) is 0 Å². The summed E-state index contributed by atoms with van der Waals surface area (Å²) >= 11 is 0. The molecule has 2 nitrogen and oxygen atoms in total. The van der Waals surface area contributed by atoms with Gasteiger partial charge in [-0.25, -0.2) is 0 Å². The second-order valence-electron chi connectivity index (χ2n) is 6.19. The maximum absolute atomic E-state index is 5.72. The fraction of sp³-hybridized carbons (Fsp3) is 0.625. The number of para-hydroxylation sites is 1. The van der Waals surface area contributed by atoms with E-state index in [2.05, 4.69) is 49.9 Å². The van der Waals surface area contributed by atoms with Crippen molar-refractivity contribution in [3.63, 3.8) is 0 Å². The van der Waals surface area contributed by atoms with Gasteiger partial charge in [0, 0.05) is 17.8 Å². The molecule has 1 saturated heterocycles. The Morgan fingerprint density at radius 3 is 2.72 bits per heavy atom. The number of hydrogen-bond donors (Lipinski definition) is 1. The first kappa shape index (κ1) is 13.4. The van der Waals surface area contributed by atoms with Gasteiger partial charge in [-0.2, -0.15) is 0 Å². The maximum atomic E-state index is 5.72. The van der Waals surface area contributed by atoms with Gasteiger partial charge in [-0.15, -0.1) is 0 Å². The van der Waals surface area contributed by atoms with Crippen molar-refractivity contribution in [1.29, 1.82) is 0 Å². The van der Waals surface area contributed by atoms with Crippen LogP contribution in [-0.2, 0) is 0 Å². The molecule has 2 N–H and O–H groups in total. The smallest absolute Gasteiger partial charge is 0.0400 e. The Bertz CT molecular complexity index is 398. The third-order valence-corrected chi connectivity index (χ3v) is 4.32. The van der Waals surface area contributed by atoms with Crippen LogP contribution in [0.1, 0.15) is 38.7 Å². The summed E-state index contributed by atoms with van der Waals surface area (Å²) < 4.78 is 0. The van der Waals surface area contributed by atoms with Crippen LogP contribution in [0.15, 0.2) is 24.3 Å². The summed E-state index contributed by atoms with van der Waals surface area (Å²) in [4.78, 5) is 2.59. The fourth-order valence-corrected chi connectivity index (χ4v) is 3.05. The molecule has 1 unspecified atom stereocenters. The third kappa shape index (κ3) is 2.69. The second kappa shape index (κ2) is 5.31. The number of rotatable bonds is 3. The average molecular weight is 246 g/mol. The predicted molar refractivity (Wildman–Crippen MR) is 79.0 cm³/mol. The van der Waals surface area contributed by atoms with E-state index >= 15 is 0 Å². The Balaban J connectivity index is 2.24. The van der Waals surface area contributed by atoms with Crippen LogP contribution in [0.3, 0.4) is 0 Å². The van der Waals surface area contributed by atoms with Crippen molar-refractivity contribution in [1.82, 2.24) is 0 Å². The van der Waals surface area contributed by atoms with Gasteiger partial charge in [-0.05, 0) is 64.1 Å². The molecule has 0 spiro atoms. The monoisotopic (exact) mass is 246 g/mol. The molecule has 1 atom stereocenters. The molecule has 1 aromatic rings. The number of anilines is 1. The third-order valence-electron chi connectivity index (χ3n) is 4.32. The standard InChI is InChI=1S/C16H26N2/c1-13-6-4-5-7-15(13)18-12-14(9-11-17)8-10-16(18,2)3/h4-7,14H,8-12,17H2,1-3H3. The van der Waals surface area contributed by atoms with E-state index in [1.807, 2.05) is 0 Å². The van der Waals surface area contributed by atoms with Gasteiger partial charge < -0.3 is 10.6 Å². The molecule has 2 rings (SSSR count). The van der Waals surface area contributed by atoms with E-state index in [0.717, 1.165) is 25.4 Å². The molecule has 0 amide bonds. The molecule has 1 heterocycles. The van der Waals surface area contributed by atoms with E-state index in [9.17, 15) is 0 Å². The van der Waals surface area contributed by atoms with Crippen LogP contribution in [0.4, 0.5) is 5.69 Å². The zero-order chi connectivity index (χ0) is 13.2. The van der Waals surface area contributed by atoms with E-state index in [0.29, 0.717) is 0 Å². The molecule has 1 aliphatic rings. The number of piperidine rings is 1. The lowest BCUT2D eigenvalue weighted by Gasteiger charge is -2.48. The van der Waals surface area contributed by atoms with Crippen molar-refractivity contribution in [2.75, 3.05) is 18.0 Å². The Morgan fingerprint density at radius 2 is 2.06 bits per heavy atom. The Kier molecular flexibility index (Phi) is 3.96. The highest BCUT2D eigenvalue weighted by Gasteiger charge is 2.34. The van der Waals surface area contributed by atoms with Crippen molar-refractivity contribution in [3.05, 3.63) is 29.8 Å². The van der Waals surface area contributed by atoms with Crippen molar-refractivity contribution < 1.29 is 0 Å². The first-order chi connectivity index (χ1) is 8.54. The first-order valence-corrected chi connectivity index (χ1v) is 7.08. The quantitative estimate of drug-likeness (QED) is 0.886. The van der Waals surface area contributed by atoms with Crippen molar-refractivity contribution in [2.24, 2.45) is 11.7 Å². The van der Waals surface area contributed by atoms with E-state index in [1.54, 1.807) is 0 Å².